The second-order valence-corrected chi connectivity index (χ2v) is 18.1. The van der Waals surface area contributed by atoms with Crippen molar-refractivity contribution in [2.45, 2.75) is 51.4 Å². The van der Waals surface area contributed by atoms with Crippen molar-refractivity contribution in [3.8, 4) is 45.9 Å². The first-order valence-corrected chi connectivity index (χ1v) is 26.2. The molecule has 0 aliphatic heterocycles. The van der Waals surface area contributed by atoms with Crippen LogP contribution in [0.25, 0.3) is 32.7 Å². The van der Waals surface area contributed by atoms with Gasteiger partial charge in [-0.05, 0) is 175 Å². The number of hydrogen-bond acceptors (Lipinski definition) is 18. The molecular weight excluding hydrogens is 1050 g/mol. The van der Waals surface area contributed by atoms with Gasteiger partial charge in [-0.25, -0.2) is 33.6 Å². The summed E-state index contributed by atoms with van der Waals surface area (Å²) in [7, 11) is 0. The number of ether oxygens (including phenoxy) is 10. The standard InChI is InChI=1S/C64H57NO17/c1-3-58(66)74-32-9-11-35-77-63(71)80-53-27-23-46-37-50(19-17-48(46)39-53)60(68)79-55-29-30-57(82-61(69)51-20-18-49-40-54(28-24-47(49)38-51)81-64(72)78-36-12-10-33-75-59(67)4-2)56(41-55)62(70)76-34-8-6-5-7-31-73-52-25-21-45(22-26-52)44-15-13-43(42-65)14-16-44/h3-4,13-30,37-41H,1-2,5-12,31-36H2. The summed E-state index contributed by atoms with van der Waals surface area (Å²) in [6.45, 7) is 7.60. The van der Waals surface area contributed by atoms with Gasteiger partial charge in [-0.3, -0.25) is 0 Å². The summed E-state index contributed by atoms with van der Waals surface area (Å²) >= 11 is 0. The molecule has 0 unspecified atom stereocenters. The normalized spacial score (nSPS) is 10.6. The Balaban J connectivity index is 0.948. The molecule has 0 heterocycles. The van der Waals surface area contributed by atoms with Gasteiger partial charge in [0.25, 0.3) is 0 Å². The highest BCUT2D eigenvalue weighted by molar-refractivity contribution is 6.00. The van der Waals surface area contributed by atoms with Crippen molar-refractivity contribution < 1.29 is 80.9 Å². The third kappa shape index (κ3) is 18.4. The molecule has 0 saturated carbocycles. The number of hydrogen-bond donors (Lipinski definition) is 0. The molecular formula is C64H57NO17. The van der Waals surface area contributed by atoms with E-state index in [4.69, 9.17) is 52.6 Å². The summed E-state index contributed by atoms with van der Waals surface area (Å²) in [5.41, 5.74) is 2.70. The zero-order valence-electron chi connectivity index (χ0n) is 44.6. The van der Waals surface area contributed by atoms with Crippen molar-refractivity contribution in [3.05, 3.63) is 187 Å². The summed E-state index contributed by atoms with van der Waals surface area (Å²) in [6, 6.07) is 40.1. The van der Waals surface area contributed by atoms with E-state index in [1.807, 2.05) is 36.4 Å². The molecule has 0 atom stereocenters. The number of benzene rings is 7. The van der Waals surface area contributed by atoms with Crippen molar-refractivity contribution in [3.63, 3.8) is 0 Å². The Hall–Kier alpha value is -10.3. The van der Waals surface area contributed by atoms with E-state index in [1.165, 1.54) is 42.5 Å². The zero-order valence-corrected chi connectivity index (χ0v) is 44.6. The fraction of sp³-hybridized carbons (Fsp3) is 0.219. The van der Waals surface area contributed by atoms with E-state index in [-0.39, 0.29) is 72.7 Å². The van der Waals surface area contributed by atoms with Crippen LogP contribution in [0, 0.1) is 11.3 Å². The van der Waals surface area contributed by atoms with Gasteiger partial charge in [0.1, 0.15) is 34.3 Å². The molecule has 82 heavy (non-hydrogen) atoms. The molecule has 0 aliphatic carbocycles. The number of carbonyl (C=O) groups excluding carboxylic acids is 7. The number of unbranched alkanes of at least 4 members (excludes halogenated alkanes) is 5. The van der Waals surface area contributed by atoms with Crippen molar-refractivity contribution in [1.82, 2.24) is 0 Å². The van der Waals surface area contributed by atoms with Crippen LogP contribution in [0.15, 0.2) is 165 Å². The highest BCUT2D eigenvalue weighted by Crippen LogP contribution is 2.30. The first-order chi connectivity index (χ1) is 39.9. The Labute approximate surface area is 472 Å². The minimum atomic E-state index is -0.921. The molecule has 0 radical (unpaired) electrons. The van der Waals surface area contributed by atoms with Gasteiger partial charge in [0.2, 0.25) is 0 Å². The number of esters is 5. The number of carbonyl (C=O) groups is 7. The highest BCUT2D eigenvalue weighted by atomic mass is 16.7. The molecule has 7 rings (SSSR count). The van der Waals surface area contributed by atoms with E-state index in [0.717, 1.165) is 48.3 Å². The van der Waals surface area contributed by atoms with Crippen LogP contribution in [0.5, 0.6) is 28.7 Å². The van der Waals surface area contributed by atoms with Gasteiger partial charge >= 0.3 is 42.2 Å². The van der Waals surface area contributed by atoms with Crippen LogP contribution in [0.1, 0.15) is 88.0 Å². The number of nitrogens with zero attached hydrogens (tertiary/aromatic N) is 1. The smallest absolute Gasteiger partial charge is 0.494 e. The van der Waals surface area contributed by atoms with Crippen LogP contribution in [0.2, 0.25) is 0 Å². The first kappa shape index (κ1) is 59.4. The Bertz CT molecular complexity index is 3470. The lowest BCUT2D eigenvalue weighted by Crippen LogP contribution is -2.15. The predicted molar refractivity (Wildman–Crippen MR) is 300 cm³/mol. The molecule has 0 fully saturated rings. The van der Waals surface area contributed by atoms with Crippen molar-refractivity contribution in [1.29, 1.82) is 5.26 Å². The number of nitriles is 1. The zero-order chi connectivity index (χ0) is 58.1. The summed E-state index contributed by atoms with van der Waals surface area (Å²) in [4.78, 5) is 88.0. The Morgan fingerprint density at radius 2 is 0.805 bits per heavy atom. The molecule has 0 spiro atoms. The largest absolute Gasteiger partial charge is 0.513 e. The fourth-order valence-electron chi connectivity index (χ4n) is 7.88. The first-order valence-electron chi connectivity index (χ1n) is 26.2. The molecule has 0 N–H and O–H groups in total. The highest BCUT2D eigenvalue weighted by Gasteiger charge is 2.22. The predicted octanol–water partition coefficient (Wildman–Crippen LogP) is 12.8. The topological polar surface area (TPSA) is 236 Å². The molecule has 18 heteroatoms. The summed E-state index contributed by atoms with van der Waals surface area (Å²) in [5, 5.41) is 11.6. The number of fused-ring (bicyclic) bond motifs is 2. The lowest BCUT2D eigenvalue weighted by atomic mass is 10.0. The molecule has 420 valence electrons. The van der Waals surface area contributed by atoms with Crippen LogP contribution >= 0.6 is 0 Å². The third-order valence-electron chi connectivity index (χ3n) is 12.2. The molecule has 7 aromatic carbocycles. The van der Waals surface area contributed by atoms with Crippen LogP contribution in [-0.2, 0) is 33.3 Å². The average molecular weight is 1110 g/mol. The molecule has 0 aliphatic rings. The van der Waals surface area contributed by atoms with E-state index >= 15 is 0 Å². The molecule has 0 amide bonds. The Morgan fingerprint density at radius 1 is 0.390 bits per heavy atom. The third-order valence-corrected chi connectivity index (χ3v) is 12.2. The lowest BCUT2D eigenvalue weighted by molar-refractivity contribution is -0.138. The quantitative estimate of drug-likeness (QED) is 0.0111. The van der Waals surface area contributed by atoms with Crippen molar-refractivity contribution in [2.24, 2.45) is 0 Å². The Kier molecular flexibility index (Phi) is 22.3. The van der Waals surface area contributed by atoms with Gasteiger partial charge in [0.05, 0.1) is 62.4 Å². The molecule has 0 bridgehead atoms. The van der Waals surface area contributed by atoms with Gasteiger partial charge < -0.3 is 47.4 Å². The fourth-order valence-corrected chi connectivity index (χ4v) is 7.88. The van der Waals surface area contributed by atoms with Crippen LogP contribution < -0.4 is 23.7 Å². The van der Waals surface area contributed by atoms with Crippen molar-refractivity contribution >= 4 is 63.7 Å². The maximum atomic E-state index is 13.8. The Morgan fingerprint density at radius 3 is 1.33 bits per heavy atom. The van der Waals surface area contributed by atoms with Gasteiger partial charge in [-0.1, -0.05) is 61.7 Å². The minimum absolute atomic E-state index is 0.0403. The van der Waals surface area contributed by atoms with Gasteiger partial charge in [-0.15, -0.1) is 0 Å². The molecule has 7 aromatic rings. The van der Waals surface area contributed by atoms with Gasteiger partial charge in [0, 0.05) is 12.2 Å². The van der Waals surface area contributed by atoms with Crippen LogP contribution in [0.3, 0.4) is 0 Å². The summed E-state index contributed by atoms with van der Waals surface area (Å²) in [6.07, 6.45) is 4.91. The van der Waals surface area contributed by atoms with E-state index in [1.54, 1.807) is 60.7 Å². The van der Waals surface area contributed by atoms with Crippen LogP contribution in [0.4, 0.5) is 9.59 Å². The molecule has 0 aromatic heterocycles. The summed E-state index contributed by atoms with van der Waals surface area (Å²) in [5.74, 6) is -2.54. The van der Waals surface area contributed by atoms with Crippen LogP contribution in [-0.4, -0.2) is 81.8 Å². The van der Waals surface area contributed by atoms with Crippen molar-refractivity contribution in [2.75, 3.05) is 39.6 Å². The van der Waals surface area contributed by atoms with Gasteiger partial charge in [0.15, 0.2) is 0 Å². The average Bonchev–Trinajstić information content (AvgIpc) is 3.70. The molecule has 18 nitrogen and oxygen atoms in total. The minimum Gasteiger partial charge on any atom is -0.494 e. The van der Waals surface area contributed by atoms with E-state index in [2.05, 4.69) is 19.2 Å². The maximum absolute atomic E-state index is 13.8. The summed E-state index contributed by atoms with van der Waals surface area (Å²) < 4.78 is 53.8. The second kappa shape index (κ2) is 30.8. The maximum Gasteiger partial charge on any atom is 0.513 e. The van der Waals surface area contributed by atoms with E-state index < -0.39 is 42.2 Å². The number of rotatable bonds is 28. The second-order valence-electron chi connectivity index (χ2n) is 18.1. The SMILES string of the molecule is C=CC(=O)OCCCCOC(=O)Oc1ccc2cc(C(=O)Oc3ccc(OC(=O)c4ccc5cc(OC(=O)OCCCCOC(=O)C=C)ccc5c4)c(C(=O)OCCCCCCOc4ccc(-c5ccc(C#N)cc5)cc4)c3)ccc2c1. The van der Waals surface area contributed by atoms with E-state index in [0.29, 0.717) is 65.8 Å². The monoisotopic (exact) mass is 1110 g/mol. The van der Waals surface area contributed by atoms with Gasteiger partial charge in [-0.2, -0.15) is 5.26 Å². The molecule has 0 saturated heterocycles. The lowest BCUT2D eigenvalue weighted by Gasteiger charge is -2.13. The van der Waals surface area contributed by atoms with E-state index in [9.17, 15) is 33.6 Å².